The maximum atomic E-state index is 14.7. The van der Waals surface area contributed by atoms with E-state index in [4.69, 9.17) is 0 Å². The van der Waals surface area contributed by atoms with E-state index in [9.17, 15) is 19.2 Å². The van der Waals surface area contributed by atoms with Crippen LogP contribution in [0.25, 0.3) is 0 Å². The highest BCUT2D eigenvalue weighted by Crippen LogP contribution is 2.35. The molecular weight excluding hydrogens is 285 g/mol. The zero-order valence-corrected chi connectivity index (χ0v) is 12.2. The molecule has 22 heavy (non-hydrogen) atoms. The molecule has 3 rings (SSSR count). The van der Waals surface area contributed by atoms with Gasteiger partial charge in [0, 0.05) is 24.6 Å². The van der Waals surface area contributed by atoms with Crippen LogP contribution in [0.3, 0.4) is 0 Å². The molecule has 0 spiro atoms. The van der Waals surface area contributed by atoms with Crippen molar-refractivity contribution in [3.8, 4) is 6.07 Å². The van der Waals surface area contributed by atoms with Gasteiger partial charge in [0.05, 0.1) is 11.6 Å². The first kappa shape index (κ1) is 14.5. The van der Waals surface area contributed by atoms with Gasteiger partial charge in [-0.25, -0.2) is 4.39 Å². The second-order valence-corrected chi connectivity index (χ2v) is 5.81. The fraction of sp³-hybridized carbons (Fsp3) is 0.438. The minimum Gasteiger partial charge on any atom is -0.368 e. The quantitative estimate of drug-likeness (QED) is 0.846. The highest BCUT2D eigenvalue weighted by atomic mass is 19.1. The summed E-state index contributed by atoms with van der Waals surface area (Å²) >= 11 is 0. The Balaban J connectivity index is 1.99. The Kier molecular flexibility index (Phi) is 3.57. The highest BCUT2D eigenvalue weighted by Gasteiger charge is 2.33. The maximum Gasteiger partial charge on any atom is 0.234 e. The Labute approximate surface area is 127 Å². The van der Waals surface area contributed by atoms with Crippen LogP contribution in [0.4, 0.5) is 10.1 Å². The topological polar surface area (TPSA) is 73.2 Å². The van der Waals surface area contributed by atoms with Crippen molar-refractivity contribution >= 4 is 17.5 Å². The standard InChI is InChI=1S/C16H16FN3O2/c1-9-6-7-20(9)13-4-2-10(15(17)12(13)8-18)11-3-5-14(21)19-16(11)22/h2,4,9,11H,3,5-7H2,1H3,(H,19,21,22). The molecule has 0 bridgehead atoms. The number of imide groups is 1. The number of benzene rings is 1. The molecule has 2 atom stereocenters. The van der Waals surface area contributed by atoms with Crippen LogP contribution in [0.2, 0.25) is 0 Å². The molecule has 5 nitrogen and oxygen atoms in total. The number of hydrogen-bond acceptors (Lipinski definition) is 4. The lowest BCUT2D eigenvalue weighted by Crippen LogP contribution is -2.46. The zero-order valence-electron chi connectivity index (χ0n) is 12.2. The number of halogens is 1. The Hall–Kier alpha value is -2.42. The third-order valence-electron chi connectivity index (χ3n) is 4.51. The van der Waals surface area contributed by atoms with Gasteiger partial charge in [0.15, 0.2) is 0 Å². The molecule has 0 radical (unpaired) electrons. The van der Waals surface area contributed by atoms with Gasteiger partial charge in [-0.15, -0.1) is 0 Å². The molecule has 2 saturated heterocycles. The lowest BCUT2D eigenvalue weighted by Gasteiger charge is -2.41. The van der Waals surface area contributed by atoms with Crippen molar-refractivity contribution in [2.45, 2.75) is 38.1 Å². The summed E-state index contributed by atoms with van der Waals surface area (Å²) in [5.74, 6) is -2.20. The fourth-order valence-electron chi connectivity index (χ4n) is 3.06. The van der Waals surface area contributed by atoms with Crippen molar-refractivity contribution < 1.29 is 14.0 Å². The van der Waals surface area contributed by atoms with Gasteiger partial charge in [-0.2, -0.15) is 5.26 Å². The molecule has 2 fully saturated rings. The van der Waals surface area contributed by atoms with Crippen molar-refractivity contribution in [2.75, 3.05) is 11.4 Å². The van der Waals surface area contributed by atoms with Gasteiger partial charge >= 0.3 is 0 Å². The summed E-state index contributed by atoms with van der Waals surface area (Å²) in [7, 11) is 0. The first-order valence-electron chi connectivity index (χ1n) is 7.35. The Morgan fingerprint density at radius 1 is 1.36 bits per heavy atom. The van der Waals surface area contributed by atoms with Crippen LogP contribution in [0.15, 0.2) is 12.1 Å². The number of hydrogen-bond donors (Lipinski definition) is 1. The van der Waals surface area contributed by atoms with E-state index in [-0.39, 0.29) is 35.9 Å². The third-order valence-corrected chi connectivity index (χ3v) is 4.51. The number of carbonyl (C=O) groups excluding carboxylic acids is 2. The second-order valence-electron chi connectivity index (χ2n) is 5.81. The molecule has 1 N–H and O–H groups in total. The van der Waals surface area contributed by atoms with Crippen LogP contribution in [-0.4, -0.2) is 24.4 Å². The minimum atomic E-state index is -0.715. The monoisotopic (exact) mass is 301 g/mol. The normalized spacial score (nSPS) is 24.5. The van der Waals surface area contributed by atoms with Crippen LogP contribution in [-0.2, 0) is 9.59 Å². The Bertz CT molecular complexity index is 695. The van der Waals surface area contributed by atoms with E-state index in [0.29, 0.717) is 5.69 Å². The largest absolute Gasteiger partial charge is 0.368 e. The van der Waals surface area contributed by atoms with Crippen LogP contribution in [0.1, 0.15) is 43.2 Å². The molecule has 0 saturated carbocycles. The summed E-state index contributed by atoms with van der Waals surface area (Å²) in [6.07, 6.45) is 1.47. The van der Waals surface area contributed by atoms with E-state index in [1.165, 1.54) is 0 Å². The summed E-state index contributed by atoms with van der Waals surface area (Å²) in [4.78, 5) is 25.1. The summed E-state index contributed by atoms with van der Waals surface area (Å²) in [6, 6.07) is 5.48. The van der Waals surface area contributed by atoms with E-state index in [1.807, 2.05) is 17.9 Å². The number of rotatable bonds is 2. The molecule has 1 aromatic rings. The molecule has 2 heterocycles. The van der Waals surface area contributed by atoms with Crippen molar-refractivity contribution in [3.63, 3.8) is 0 Å². The second kappa shape index (κ2) is 5.41. The van der Waals surface area contributed by atoms with Gasteiger partial charge in [-0.05, 0) is 25.8 Å². The maximum absolute atomic E-state index is 14.7. The number of nitrogens with one attached hydrogen (secondary N) is 1. The molecule has 6 heteroatoms. The number of nitrogens with zero attached hydrogens (tertiary/aromatic N) is 2. The van der Waals surface area contributed by atoms with E-state index < -0.39 is 17.6 Å². The first-order chi connectivity index (χ1) is 10.5. The predicted molar refractivity (Wildman–Crippen MR) is 77.7 cm³/mol. The van der Waals surface area contributed by atoms with E-state index >= 15 is 0 Å². The van der Waals surface area contributed by atoms with Gasteiger partial charge in [0.25, 0.3) is 0 Å². The molecule has 0 aromatic heterocycles. The van der Waals surface area contributed by atoms with Gasteiger partial charge in [-0.1, -0.05) is 6.07 Å². The van der Waals surface area contributed by atoms with E-state index in [1.54, 1.807) is 12.1 Å². The summed E-state index contributed by atoms with van der Waals surface area (Å²) in [5, 5.41) is 11.5. The van der Waals surface area contributed by atoms with Crippen LogP contribution >= 0.6 is 0 Å². The van der Waals surface area contributed by atoms with Gasteiger partial charge in [0.2, 0.25) is 11.8 Å². The lowest BCUT2D eigenvalue weighted by atomic mass is 9.88. The van der Waals surface area contributed by atoms with E-state index in [2.05, 4.69) is 5.32 Å². The summed E-state index contributed by atoms with van der Waals surface area (Å²) in [5.41, 5.74) is 0.752. The van der Waals surface area contributed by atoms with Crippen molar-refractivity contribution in [3.05, 3.63) is 29.1 Å². The van der Waals surface area contributed by atoms with E-state index in [0.717, 1.165) is 13.0 Å². The van der Waals surface area contributed by atoms with Crippen molar-refractivity contribution in [1.82, 2.24) is 5.32 Å². The number of carbonyl (C=O) groups is 2. The first-order valence-corrected chi connectivity index (χ1v) is 7.35. The molecule has 0 aliphatic carbocycles. The fourth-order valence-corrected chi connectivity index (χ4v) is 3.06. The Morgan fingerprint density at radius 2 is 2.14 bits per heavy atom. The molecule has 2 amide bonds. The third kappa shape index (κ3) is 2.23. The molecule has 1 aromatic carbocycles. The summed E-state index contributed by atoms with van der Waals surface area (Å²) in [6.45, 7) is 2.82. The van der Waals surface area contributed by atoms with Gasteiger partial charge < -0.3 is 4.90 Å². The van der Waals surface area contributed by atoms with Crippen molar-refractivity contribution in [1.29, 1.82) is 5.26 Å². The predicted octanol–water partition coefficient (Wildman–Crippen LogP) is 1.82. The number of anilines is 1. The molecule has 2 unspecified atom stereocenters. The van der Waals surface area contributed by atoms with Crippen LogP contribution < -0.4 is 10.2 Å². The van der Waals surface area contributed by atoms with Crippen LogP contribution in [0.5, 0.6) is 0 Å². The summed E-state index contributed by atoms with van der Waals surface area (Å²) < 4.78 is 14.7. The smallest absolute Gasteiger partial charge is 0.234 e. The SMILES string of the molecule is CC1CCN1c1ccc(C2CCC(=O)NC2=O)c(F)c1C#N. The van der Waals surface area contributed by atoms with Gasteiger partial charge in [-0.3, -0.25) is 14.9 Å². The van der Waals surface area contributed by atoms with Crippen molar-refractivity contribution in [2.24, 2.45) is 0 Å². The zero-order chi connectivity index (χ0) is 15.9. The van der Waals surface area contributed by atoms with Crippen LogP contribution in [0, 0.1) is 17.1 Å². The average molecular weight is 301 g/mol. The lowest BCUT2D eigenvalue weighted by molar-refractivity contribution is -0.134. The number of piperidine rings is 1. The molecule has 114 valence electrons. The average Bonchev–Trinajstić information content (AvgIpc) is 2.47. The minimum absolute atomic E-state index is 0.0197. The van der Waals surface area contributed by atoms with Gasteiger partial charge in [0.1, 0.15) is 17.4 Å². The highest BCUT2D eigenvalue weighted by molar-refractivity contribution is 6.01. The Morgan fingerprint density at radius 3 is 2.68 bits per heavy atom. The number of nitriles is 1. The molecule has 2 aliphatic heterocycles. The molecular formula is C16H16FN3O2. The molecule has 2 aliphatic rings. The number of amides is 2.